The topological polar surface area (TPSA) is 81.4 Å². The lowest BCUT2D eigenvalue weighted by Gasteiger charge is -2.34. The molecule has 1 aromatic carbocycles. The van der Waals surface area contributed by atoms with Crippen molar-refractivity contribution in [1.29, 1.82) is 0 Å². The van der Waals surface area contributed by atoms with Crippen LogP contribution < -0.4 is 10.5 Å². The molecule has 0 amide bonds. The molecule has 0 spiro atoms. The molecule has 0 aromatic heterocycles. The normalized spacial score (nSPS) is 22.3. The average molecular weight is 314 g/mol. The van der Waals surface area contributed by atoms with Gasteiger partial charge in [0.15, 0.2) is 0 Å². The van der Waals surface area contributed by atoms with Gasteiger partial charge in [0.1, 0.15) is 4.99 Å². The summed E-state index contributed by atoms with van der Waals surface area (Å²) in [7, 11) is -1.93. The van der Waals surface area contributed by atoms with Crippen LogP contribution in [0.15, 0.2) is 23.1 Å². The molecule has 0 atom stereocenters. The van der Waals surface area contributed by atoms with Crippen molar-refractivity contribution in [2.45, 2.75) is 36.8 Å². The number of ether oxygens (including phenoxy) is 1. The largest absolute Gasteiger partial charge is 0.389 e. The molecule has 0 radical (unpaired) electrons. The third kappa shape index (κ3) is 3.17. The van der Waals surface area contributed by atoms with Gasteiger partial charge in [-0.2, -0.15) is 0 Å². The van der Waals surface area contributed by atoms with Crippen LogP contribution in [-0.2, 0) is 14.8 Å². The van der Waals surface area contributed by atoms with Gasteiger partial charge in [-0.1, -0.05) is 24.4 Å². The average Bonchev–Trinajstić information content (AvgIpc) is 2.33. The highest BCUT2D eigenvalue weighted by Gasteiger charge is 2.33. The Bertz CT molecular complexity index is 623. The number of benzene rings is 1. The predicted molar refractivity (Wildman–Crippen MR) is 81.2 cm³/mol. The zero-order valence-corrected chi connectivity index (χ0v) is 13.1. The van der Waals surface area contributed by atoms with E-state index in [9.17, 15) is 8.42 Å². The first-order chi connectivity index (χ1) is 9.33. The first-order valence-corrected chi connectivity index (χ1v) is 8.18. The number of methoxy groups -OCH3 is 1. The van der Waals surface area contributed by atoms with Gasteiger partial charge in [0.25, 0.3) is 0 Å². The predicted octanol–water partition coefficient (Wildman–Crippen LogP) is 1.08. The smallest absolute Gasteiger partial charge is 0.241 e. The van der Waals surface area contributed by atoms with E-state index in [1.54, 1.807) is 26.2 Å². The van der Waals surface area contributed by atoms with Crippen LogP contribution in [0.3, 0.4) is 0 Å². The number of nitrogens with one attached hydrogen (secondary N) is 1. The zero-order valence-electron chi connectivity index (χ0n) is 11.4. The maximum atomic E-state index is 12.4. The molecular formula is C13H18N2O3S2. The lowest BCUT2D eigenvalue weighted by molar-refractivity contribution is 0.0236. The highest BCUT2D eigenvalue weighted by molar-refractivity contribution is 7.89. The lowest BCUT2D eigenvalue weighted by Crippen LogP contribution is -2.47. The highest BCUT2D eigenvalue weighted by Crippen LogP contribution is 2.25. The fourth-order valence-electron chi connectivity index (χ4n) is 2.18. The second-order valence-electron chi connectivity index (χ2n) is 4.99. The first kappa shape index (κ1) is 15.4. The van der Waals surface area contributed by atoms with Gasteiger partial charge in [-0.15, -0.1) is 0 Å². The number of hydrogen-bond acceptors (Lipinski definition) is 4. The number of nitrogens with two attached hydrogens (primary N) is 1. The summed E-state index contributed by atoms with van der Waals surface area (Å²) in [5.74, 6) is 0. The minimum Gasteiger partial charge on any atom is -0.389 e. The van der Waals surface area contributed by atoms with E-state index in [-0.39, 0.29) is 22.0 Å². The molecule has 7 heteroatoms. The van der Waals surface area contributed by atoms with Gasteiger partial charge >= 0.3 is 0 Å². The Kier molecular flexibility index (Phi) is 4.43. The molecule has 0 unspecified atom stereocenters. The van der Waals surface area contributed by atoms with Gasteiger partial charge in [-0.05, 0) is 31.4 Å². The van der Waals surface area contributed by atoms with E-state index >= 15 is 0 Å². The third-order valence-corrected chi connectivity index (χ3v) is 5.41. The number of aryl methyl sites for hydroxylation is 1. The fraction of sp³-hybridized carbons (Fsp3) is 0.462. The molecule has 110 valence electrons. The molecule has 5 nitrogen and oxygen atoms in total. The van der Waals surface area contributed by atoms with Gasteiger partial charge in [-0.3, -0.25) is 0 Å². The van der Waals surface area contributed by atoms with Gasteiger partial charge in [-0.25, -0.2) is 13.1 Å². The molecule has 0 saturated heterocycles. The van der Waals surface area contributed by atoms with Crippen LogP contribution in [-0.4, -0.2) is 32.7 Å². The summed E-state index contributed by atoms with van der Waals surface area (Å²) < 4.78 is 32.6. The Morgan fingerprint density at radius 3 is 2.65 bits per heavy atom. The van der Waals surface area contributed by atoms with Crippen LogP contribution in [0.1, 0.15) is 24.0 Å². The van der Waals surface area contributed by atoms with Gasteiger partial charge in [0.05, 0.1) is 11.0 Å². The van der Waals surface area contributed by atoms with Crippen molar-refractivity contribution in [3.8, 4) is 0 Å². The summed E-state index contributed by atoms with van der Waals surface area (Å²) in [4.78, 5) is 0.410. The number of thiocarbonyl (C=S) groups is 1. The first-order valence-electron chi connectivity index (χ1n) is 6.29. The maximum Gasteiger partial charge on any atom is 0.241 e. The van der Waals surface area contributed by atoms with Crippen molar-refractivity contribution in [1.82, 2.24) is 4.72 Å². The van der Waals surface area contributed by atoms with Gasteiger partial charge in [0.2, 0.25) is 10.0 Å². The van der Waals surface area contributed by atoms with Crippen molar-refractivity contribution in [2.24, 2.45) is 5.73 Å². The summed E-state index contributed by atoms with van der Waals surface area (Å²) >= 11 is 4.89. The van der Waals surface area contributed by atoms with Crippen molar-refractivity contribution in [3.63, 3.8) is 0 Å². The van der Waals surface area contributed by atoms with E-state index in [4.69, 9.17) is 22.7 Å². The van der Waals surface area contributed by atoms with Crippen LogP contribution in [0, 0.1) is 6.92 Å². The molecule has 1 aliphatic carbocycles. The molecule has 1 aromatic rings. The van der Waals surface area contributed by atoms with E-state index in [2.05, 4.69) is 4.72 Å². The second kappa shape index (κ2) is 5.77. The number of hydrogen-bond donors (Lipinski definition) is 2. The van der Waals surface area contributed by atoms with E-state index in [1.807, 2.05) is 0 Å². The van der Waals surface area contributed by atoms with E-state index in [0.29, 0.717) is 24.0 Å². The molecule has 1 aliphatic rings. The molecule has 0 aliphatic heterocycles. The summed E-state index contributed by atoms with van der Waals surface area (Å²) in [6.45, 7) is 1.75. The highest BCUT2D eigenvalue weighted by atomic mass is 32.2. The Morgan fingerprint density at radius 1 is 1.45 bits per heavy atom. The van der Waals surface area contributed by atoms with E-state index in [1.165, 1.54) is 6.07 Å². The molecule has 2 rings (SSSR count). The van der Waals surface area contributed by atoms with Crippen LogP contribution >= 0.6 is 12.2 Å². The summed E-state index contributed by atoms with van der Waals surface area (Å²) in [5, 5.41) is 0. The molecule has 1 saturated carbocycles. The Labute approximate surface area is 124 Å². The molecule has 20 heavy (non-hydrogen) atoms. The lowest BCUT2D eigenvalue weighted by atomic mass is 9.90. The third-order valence-electron chi connectivity index (χ3n) is 3.51. The standard InChI is InChI=1S/C13H18N2O3S2/c1-8-3-4-9(13(14)19)5-12(8)20(16,17)15-10-6-11(7-10)18-2/h3-5,10-11,15H,6-7H2,1-2H3,(H2,14,19). The Hall–Kier alpha value is -1.02. The summed E-state index contributed by atoms with van der Waals surface area (Å²) in [6.07, 6.45) is 1.54. The minimum atomic E-state index is -3.56. The molecule has 0 bridgehead atoms. The van der Waals surface area contributed by atoms with Gasteiger partial charge in [0, 0.05) is 18.7 Å². The monoisotopic (exact) mass is 314 g/mol. The number of rotatable bonds is 5. The molecular weight excluding hydrogens is 296 g/mol. The minimum absolute atomic E-state index is 0.0714. The van der Waals surface area contributed by atoms with Crippen LogP contribution in [0.25, 0.3) is 0 Å². The number of sulfonamides is 1. The van der Waals surface area contributed by atoms with E-state index < -0.39 is 10.0 Å². The SMILES string of the molecule is COC1CC(NS(=O)(=O)c2cc(C(N)=S)ccc2C)C1. The Balaban J connectivity index is 2.21. The molecule has 1 fully saturated rings. The maximum absolute atomic E-state index is 12.4. The zero-order chi connectivity index (χ0) is 14.9. The van der Waals surface area contributed by atoms with E-state index in [0.717, 1.165) is 0 Å². The summed E-state index contributed by atoms with van der Waals surface area (Å²) in [5.41, 5.74) is 6.77. The van der Waals surface area contributed by atoms with Crippen molar-refractivity contribution >= 4 is 27.2 Å². The molecule has 0 heterocycles. The van der Waals surface area contributed by atoms with Crippen molar-refractivity contribution in [3.05, 3.63) is 29.3 Å². The Morgan fingerprint density at radius 2 is 2.10 bits per heavy atom. The van der Waals surface area contributed by atoms with Crippen molar-refractivity contribution in [2.75, 3.05) is 7.11 Å². The van der Waals surface area contributed by atoms with Crippen LogP contribution in [0.4, 0.5) is 0 Å². The van der Waals surface area contributed by atoms with Gasteiger partial charge < -0.3 is 10.5 Å². The fourth-order valence-corrected chi connectivity index (χ4v) is 3.84. The quantitative estimate of drug-likeness (QED) is 0.795. The molecule has 3 N–H and O–H groups in total. The van der Waals surface area contributed by atoms with Crippen LogP contribution in [0.2, 0.25) is 0 Å². The van der Waals surface area contributed by atoms with Crippen molar-refractivity contribution < 1.29 is 13.2 Å². The van der Waals surface area contributed by atoms with Crippen LogP contribution in [0.5, 0.6) is 0 Å². The summed E-state index contributed by atoms with van der Waals surface area (Å²) in [6, 6.07) is 4.88. The second-order valence-corrected chi connectivity index (χ2v) is 7.11.